The summed E-state index contributed by atoms with van der Waals surface area (Å²) in [4.78, 5) is 4.19. The highest BCUT2D eigenvalue weighted by Crippen LogP contribution is 2.43. The number of aromatic nitrogens is 1. The molecule has 2 rings (SSSR count). The van der Waals surface area contributed by atoms with Crippen molar-refractivity contribution in [1.29, 1.82) is 0 Å². The van der Waals surface area contributed by atoms with E-state index in [9.17, 15) is 13.2 Å². The first kappa shape index (κ1) is 16.5. The Morgan fingerprint density at radius 3 is 2.55 bits per heavy atom. The third kappa shape index (κ3) is 3.64. The number of alkyl halides is 3. The molecule has 2 nitrogen and oxygen atoms in total. The molecule has 4 unspecified atom stereocenters. The molecule has 0 aromatic carbocycles. The molecule has 1 saturated heterocycles. The highest BCUT2D eigenvalue weighted by atomic mass is 32.2. The van der Waals surface area contributed by atoms with Gasteiger partial charge >= 0.3 is 6.18 Å². The molecule has 0 spiro atoms. The summed E-state index contributed by atoms with van der Waals surface area (Å²) >= 11 is 4.49. The van der Waals surface area contributed by atoms with Gasteiger partial charge in [0.15, 0.2) is 5.01 Å². The van der Waals surface area contributed by atoms with Crippen LogP contribution in [0.5, 0.6) is 0 Å². The molecule has 4 atom stereocenters. The van der Waals surface area contributed by atoms with E-state index in [2.05, 4.69) is 24.1 Å². The molecule has 0 amide bonds. The van der Waals surface area contributed by atoms with Gasteiger partial charge in [-0.15, -0.1) is 11.3 Å². The lowest BCUT2D eigenvalue weighted by molar-refractivity contribution is -0.137. The van der Waals surface area contributed by atoms with Gasteiger partial charge in [-0.05, 0) is 7.05 Å². The van der Waals surface area contributed by atoms with Gasteiger partial charge < -0.3 is 5.32 Å². The van der Waals surface area contributed by atoms with Crippen LogP contribution < -0.4 is 5.32 Å². The number of nitrogens with one attached hydrogen (secondary N) is 1. The number of halogens is 3. The van der Waals surface area contributed by atoms with E-state index in [-0.39, 0.29) is 11.3 Å². The van der Waals surface area contributed by atoms with Crippen LogP contribution in [0.2, 0.25) is 0 Å². The minimum Gasteiger partial charge on any atom is -0.311 e. The number of thiazole rings is 1. The van der Waals surface area contributed by atoms with Crippen LogP contribution in [0.4, 0.5) is 13.2 Å². The predicted octanol–water partition coefficient (Wildman–Crippen LogP) is 4.05. The van der Waals surface area contributed by atoms with E-state index in [1.807, 2.05) is 23.5 Å². The van der Waals surface area contributed by atoms with Crippen LogP contribution in [0.15, 0.2) is 6.20 Å². The van der Waals surface area contributed by atoms with Crippen molar-refractivity contribution >= 4 is 34.9 Å². The van der Waals surface area contributed by atoms with Crippen molar-refractivity contribution in [3.63, 3.8) is 0 Å². The van der Waals surface area contributed by atoms with Crippen LogP contribution in [-0.4, -0.2) is 33.5 Å². The summed E-state index contributed by atoms with van der Waals surface area (Å²) in [6, 6.07) is -0.0731. The lowest BCUT2D eigenvalue weighted by Gasteiger charge is -2.35. The van der Waals surface area contributed by atoms with Gasteiger partial charge in [0, 0.05) is 32.6 Å². The molecular formula is C12H17F3N2S3. The van der Waals surface area contributed by atoms with E-state index in [0.717, 1.165) is 17.1 Å². The summed E-state index contributed by atoms with van der Waals surface area (Å²) < 4.78 is 37.9. The maximum Gasteiger partial charge on any atom is 0.443 e. The van der Waals surface area contributed by atoms with Gasteiger partial charge in [-0.2, -0.15) is 36.7 Å². The number of rotatable bonds is 3. The van der Waals surface area contributed by atoms with Crippen LogP contribution >= 0.6 is 34.9 Å². The van der Waals surface area contributed by atoms with Gasteiger partial charge in [0.2, 0.25) is 0 Å². The Hall–Kier alpha value is 0.0800. The molecule has 1 aromatic rings. The summed E-state index contributed by atoms with van der Waals surface area (Å²) in [7, 11) is 1.80. The van der Waals surface area contributed by atoms with Crippen molar-refractivity contribution < 1.29 is 13.2 Å². The van der Waals surface area contributed by atoms with Gasteiger partial charge in [-0.25, -0.2) is 4.98 Å². The van der Waals surface area contributed by atoms with Crippen molar-refractivity contribution in [2.45, 2.75) is 41.8 Å². The van der Waals surface area contributed by atoms with E-state index in [1.54, 1.807) is 7.05 Å². The zero-order chi connectivity index (χ0) is 14.9. The second-order valence-electron chi connectivity index (χ2n) is 4.75. The molecule has 114 valence electrons. The molecular weight excluding hydrogens is 325 g/mol. The predicted molar refractivity (Wildman–Crippen MR) is 81.7 cm³/mol. The van der Waals surface area contributed by atoms with Gasteiger partial charge in [-0.3, -0.25) is 0 Å². The maximum absolute atomic E-state index is 12.6. The normalized spacial score (nSPS) is 29.4. The van der Waals surface area contributed by atoms with Crippen LogP contribution in [0, 0.1) is 0 Å². The van der Waals surface area contributed by atoms with Crippen molar-refractivity contribution in [2.24, 2.45) is 0 Å². The lowest BCUT2D eigenvalue weighted by Crippen LogP contribution is -2.35. The second kappa shape index (κ2) is 6.46. The average molecular weight is 342 g/mol. The molecule has 1 fully saturated rings. The quantitative estimate of drug-likeness (QED) is 0.896. The molecule has 1 aliphatic heterocycles. The molecule has 0 radical (unpaired) electrons. The highest BCUT2D eigenvalue weighted by molar-refractivity contribution is 8.07. The Bertz CT molecular complexity index is 449. The van der Waals surface area contributed by atoms with Crippen molar-refractivity contribution in [3.05, 3.63) is 16.1 Å². The molecule has 20 heavy (non-hydrogen) atoms. The monoisotopic (exact) mass is 342 g/mol. The second-order valence-corrected chi connectivity index (χ2v) is 8.84. The molecule has 8 heteroatoms. The van der Waals surface area contributed by atoms with Gasteiger partial charge in [0.1, 0.15) is 0 Å². The van der Waals surface area contributed by atoms with Crippen molar-refractivity contribution in [1.82, 2.24) is 10.3 Å². The third-order valence-corrected chi connectivity index (χ3v) is 7.95. The first-order chi connectivity index (χ1) is 9.32. The fraction of sp³-hybridized carbons (Fsp3) is 0.750. The third-order valence-electron chi connectivity index (χ3n) is 3.33. The molecule has 1 aliphatic rings. The minimum atomic E-state index is -4.35. The van der Waals surface area contributed by atoms with E-state index >= 15 is 0 Å². The molecule has 2 heterocycles. The SMILES string of the molecule is CNC(c1cnc(C(F)(F)F)s1)C1CSC(C)C(C)S1. The van der Waals surface area contributed by atoms with Crippen molar-refractivity contribution in [2.75, 3.05) is 12.8 Å². The summed E-state index contributed by atoms with van der Waals surface area (Å²) in [6.45, 7) is 4.37. The standard InChI is InChI=1S/C12H17F3N2S3/c1-6-7(2)19-9(5-18-6)10(16-3)8-4-17-11(20-8)12(13,14)15/h4,6-7,9-10,16H,5H2,1-3H3. The Balaban J connectivity index is 2.14. The Morgan fingerprint density at radius 1 is 1.35 bits per heavy atom. The van der Waals surface area contributed by atoms with Crippen LogP contribution in [0.1, 0.15) is 29.8 Å². The molecule has 0 saturated carbocycles. The zero-order valence-electron chi connectivity index (χ0n) is 11.4. The van der Waals surface area contributed by atoms with Crippen LogP contribution in [0.25, 0.3) is 0 Å². The lowest BCUT2D eigenvalue weighted by atomic mass is 10.2. The molecule has 0 aliphatic carbocycles. The summed E-state index contributed by atoms with van der Waals surface area (Å²) in [5, 5.41) is 3.76. The Kier molecular flexibility index (Phi) is 5.31. The number of nitrogens with zero attached hydrogens (tertiary/aromatic N) is 1. The topological polar surface area (TPSA) is 24.9 Å². The first-order valence-electron chi connectivity index (χ1n) is 6.30. The number of hydrogen-bond donors (Lipinski definition) is 1. The fourth-order valence-electron chi connectivity index (χ4n) is 2.06. The highest BCUT2D eigenvalue weighted by Gasteiger charge is 2.37. The van der Waals surface area contributed by atoms with Crippen molar-refractivity contribution in [3.8, 4) is 0 Å². The van der Waals surface area contributed by atoms with Crippen LogP contribution in [0.3, 0.4) is 0 Å². The molecule has 1 aromatic heterocycles. The largest absolute Gasteiger partial charge is 0.443 e. The maximum atomic E-state index is 12.6. The summed E-state index contributed by atoms with van der Waals surface area (Å²) in [6.07, 6.45) is -2.99. The van der Waals surface area contributed by atoms with E-state index in [1.165, 1.54) is 6.20 Å². The number of thioether (sulfide) groups is 2. The minimum absolute atomic E-state index is 0.0731. The first-order valence-corrected chi connectivity index (χ1v) is 9.11. The Morgan fingerprint density at radius 2 is 2.05 bits per heavy atom. The van der Waals surface area contributed by atoms with Gasteiger partial charge in [0.25, 0.3) is 0 Å². The molecule has 0 bridgehead atoms. The Labute approximate surface area is 129 Å². The fourth-order valence-corrected chi connectivity index (χ4v) is 6.25. The molecule has 1 N–H and O–H groups in total. The zero-order valence-corrected chi connectivity index (χ0v) is 13.8. The number of hydrogen-bond acceptors (Lipinski definition) is 5. The van der Waals surface area contributed by atoms with E-state index in [4.69, 9.17) is 0 Å². The van der Waals surface area contributed by atoms with Gasteiger partial charge in [-0.1, -0.05) is 13.8 Å². The van der Waals surface area contributed by atoms with Crippen LogP contribution in [-0.2, 0) is 6.18 Å². The summed E-state index contributed by atoms with van der Waals surface area (Å²) in [5.41, 5.74) is 0. The van der Waals surface area contributed by atoms with E-state index < -0.39 is 11.2 Å². The van der Waals surface area contributed by atoms with Gasteiger partial charge in [0.05, 0.1) is 6.04 Å². The average Bonchev–Trinajstić information content (AvgIpc) is 2.84. The van der Waals surface area contributed by atoms with E-state index in [0.29, 0.717) is 15.4 Å². The summed E-state index contributed by atoms with van der Waals surface area (Å²) in [5.74, 6) is 0.945. The smallest absolute Gasteiger partial charge is 0.311 e.